The number of alkyl halides is 3. The Labute approximate surface area is 149 Å². The van der Waals surface area contributed by atoms with Gasteiger partial charge in [-0.25, -0.2) is 9.29 Å². The van der Waals surface area contributed by atoms with Crippen molar-refractivity contribution in [1.29, 1.82) is 0 Å². The van der Waals surface area contributed by atoms with Crippen molar-refractivity contribution >= 4 is 11.9 Å². The van der Waals surface area contributed by atoms with Crippen LogP contribution in [0.1, 0.15) is 24.0 Å². The van der Waals surface area contributed by atoms with Crippen LogP contribution in [-0.2, 0) is 10.9 Å². The first-order chi connectivity index (χ1) is 11.8. The second kappa shape index (κ2) is 6.40. The number of pyridine rings is 1. The maximum atomic E-state index is 12.7. The van der Waals surface area contributed by atoms with Crippen molar-refractivity contribution in [3.05, 3.63) is 23.4 Å². The van der Waals surface area contributed by atoms with Gasteiger partial charge in [-0.2, -0.15) is 13.2 Å². The molecular formula is C17H22F3N3OS. The van der Waals surface area contributed by atoms with Crippen molar-refractivity contribution in [3.63, 3.8) is 0 Å². The van der Waals surface area contributed by atoms with Crippen LogP contribution in [0.4, 0.5) is 13.2 Å². The van der Waals surface area contributed by atoms with Gasteiger partial charge in [-0.1, -0.05) is 0 Å². The standard InChI is InChI=1S/C17H22F3N3OS/c1-12-6-13(17(18,19)20)7-21-15(12)25-23-10-16(11-23)8-22(9-16)14-2-4-24-5-3-14/h6-7,14H,2-5,8-11H2,1H3. The van der Waals surface area contributed by atoms with Crippen molar-refractivity contribution in [3.8, 4) is 0 Å². The molecule has 1 aromatic heterocycles. The number of rotatable bonds is 3. The summed E-state index contributed by atoms with van der Waals surface area (Å²) in [5.74, 6) is 0. The van der Waals surface area contributed by atoms with E-state index < -0.39 is 11.7 Å². The van der Waals surface area contributed by atoms with Crippen LogP contribution in [0.15, 0.2) is 17.3 Å². The van der Waals surface area contributed by atoms with E-state index in [1.54, 1.807) is 6.92 Å². The lowest BCUT2D eigenvalue weighted by Gasteiger charge is -2.61. The molecule has 1 aromatic rings. The van der Waals surface area contributed by atoms with E-state index in [0.717, 1.165) is 58.4 Å². The van der Waals surface area contributed by atoms with Crippen LogP contribution in [-0.4, -0.2) is 59.6 Å². The van der Waals surface area contributed by atoms with Crippen LogP contribution in [0.25, 0.3) is 0 Å². The maximum Gasteiger partial charge on any atom is 0.417 e. The molecule has 0 atom stereocenters. The van der Waals surface area contributed by atoms with Gasteiger partial charge in [-0.05, 0) is 43.3 Å². The van der Waals surface area contributed by atoms with Gasteiger partial charge in [-0.15, -0.1) is 0 Å². The van der Waals surface area contributed by atoms with Gasteiger partial charge in [0.15, 0.2) is 0 Å². The molecular weight excluding hydrogens is 351 g/mol. The fourth-order valence-corrected chi connectivity index (χ4v) is 5.25. The summed E-state index contributed by atoms with van der Waals surface area (Å²) in [6, 6.07) is 1.85. The first kappa shape index (κ1) is 17.6. The molecule has 4 nitrogen and oxygen atoms in total. The molecule has 4 rings (SSSR count). The lowest BCUT2D eigenvalue weighted by Crippen LogP contribution is -2.72. The third kappa shape index (κ3) is 3.54. The van der Waals surface area contributed by atoms with Gasteiger partial charge in [0, 0.05) is 57.0 Å². The Kier molecular flexibility index (Phi) is 4.50. The zero-order chi connectivity index (χ0) is 17.7. The molecule has 8 heteroatoms. The minimum Gasteiger partial charge on any atom is -0.381 e. The zero-order valence-electron chi connectivity index (χ0n) is 14.2. The van der Waals surface area contributed by atoms with Crippen molar-refractivity contribution < 1.29 is 17.9 Å². The van der Waals surface area contributed by atoms with E-state index in [1.165, 1.54) is 18.0 Å². The second-order valence-electron chi connectivity index (χ2n) is 7.48. The van der Waals surface area contributed by atoms with E-state index >= 15 is 0 Å². The van der Waals surface area contributed by atoms with E-state index in [1.807, 2.05) is 0 Å². The summed E-state index contributed by atoms with van der Waals surface area (Å²) in [4.78, 5) is 6.59. The quantitative estimate of drug-likeness (QED) is 0.759. The van der Waals surface area contributed by atoms with Gasteiger partial charge >= 0.3 is 6.18 Å². The summed E-state index contributed by atoms with van der Waals surface area (Å²) in [6.45, 7) is 7.67. The van der Waals surface area contributed by atoms with Gasteiger partial charge in [0.05, 0.1) is 5.56 Å². The third-order valence-electron chi connectivity index (χ3n) is 5.38. The number of nitrogens with zero attached hydrogens (tertiary/aromatic N) is 3. The number of likely N-dealkylation sites (tertiary alicyclic amines) is 1. The predicted molar refractivity (Wildman–Crippen MR) is 89.3 cm³/mol. The summed E-state index contributed by atoms with van der Waals surface area (Å²) in [6.07, 6.45) is -1.14. The molecule has 0 unspecified atom stereocenters. The average Bonchev–Trinajstić information content (AvgIpc) is 2.49. The Morgan fingerprint density at radius 2 is 1.88 bits per heavy atom. The third-order valence-corrected chi connectivity index (χ3v) is 6.50. The molecule has 4 heterocycles. The summed E-state index contributed by atoms with van der Waals surface area (Å²) in [5.41, 5.74) is 0.282. The molecule has 3 fully saturated rings. The molecule has 0 bridgehead atoms. The summed E-state index contributed by atoms with van der Waals surface area (Å²) < 4.78 is 45.8. The first-order valence-electron chi connectivity index (χ1n) is 8.63. The Morgan fingerprint density at radius 1 is 1.20 bits per heavy atom. The molecule has 0 N–H and O–H groups in total. The van der Waals surface area contributed by atoms with Crippen molar-refractivity contribution in [2.75, 3.05) is 39.4 Å². The van der Waals surface area contributed by atoms with Crippen molar-refractivity contribution in [1.82, 2.24) is 14.2 Å². The molecule has 0 amide bonds. The van der Waals surface area contributed by atoms with Crippen LogP contribution < -0.4 is 0 Å². The second-order valence-corrected chi connectivity index (χ2v) is 8.57. The van der Waals surface area contributed by atoms with E-state index in [4.69, 9.17) is 4.74 Å². The summed E-state index contributed by atoms with van der Waals surface area (Å²) >= 11 is 1.48. The van der Waals surface area contributed by atoms with Crippen LogP contribution in [0.2, 0.25) is 0 Å². The Balaban J connectivity index is 1.28. The van der Waals surface area contributed by atoms with Crippen LogP contribution in [0.3, 0.4) is 0 Å². The van der Waals surface area contributed by atoms with Gasteiger partial charge in [-0.3, -0.25) is 4.90 Å². The highest BCUT2D eigenvalue weighted by atomic mass is 32.2. The minimum absolute atomic E-state index is 0.380. The summed E-state index contributed by atoms with van der Waals surface area (Å²) in [7, 11) is 0. The number of hydrogen-bond donors (Lipinski definition) is 0. The fraction of sp³-hybridized carbons (Fsp3) is 0.706. The topological polar surface area (TPSA) is 28.6 Å². The lowest BCUT2D eigenvalue weighted by molar-refractivity contribution is -0.137. The maximum absolute atomic E-state index is 12.7. The van der Waals surface area contributed by atoms with Crippen molar-refractivity contribution in [2.45, 2.75) is 37.0 Å². The largest absolute Gasteiger partial charge is 0.417 e. The highest BCUT2D eigenvalue weighted by Gasteiger charge is 2.53. The molecule has 0 radical (unpaired) electrons. The Hall–Kier alpha value is -0.830. The zero-order valence-corrected chi connectivity index (χ0v) is 15.0. The SMILES string of the molecule is Cc1cc(C(F)(F)F)cnc1SN1CC2(C1)CN(C1CCOCC1)C2. The van der Waals surface area contributed by atoms with Crippen LogP contribution in [0, 0.1) is 12.3 Å². The molecule has 0 aromatic carbocycles. The van der Waals surface area contributed by atoms with Gasteiger partial charge in [0.2, 0.25) is 0 Å². The number of aryl methyl sites for hydroxylation is 1. The van der Waals surface area contributed by atoms with Gasteiger partial charge in [0.25, 0.3) is 0 Å². The lowest BCUT2D eigenvalue weighted by atomic mass is 9.73. The predicted octanol–water partition coefficient (Wildman–Crippen LogP) is 3.21. The molecule has 25 heavy (non-hydrogen) atoms. The van der Waals surface area contributed by atoms with Gasteiger partial charge in [0.1, 0.15) is 5.03 Å². The van der Waals surface area contributed by atoms with Gasteiger partial charge < -0.3 is 4.74 Å². The van der Waals surface area contributed by atoms with Crippen LogP contribution >= 0.6 is 11.9 Å². The average molecular weight is 373 g/mol. The van der Waals surface area contributed by atoms with Crippen molar-refractivity contribution in [2.24, 2.45) is 5.41 Å². The highest BCUT2D eigenvalue weighted by Crippen LogP contribution is 2.46. The number of ether oxygens (including phenoxy) is 1. The summed E-state index contributed by atoms with van der Waals surface area (Å²) in [5, 5.41) is 0.670. The normalized spacial score (nSPS) is 25.0. The highest BCUT2D eigenvalue weighted by molar-refractivity contribution is 7.97. The molecule has 3 saturated heterocycles. The minimum atomic E-state index is -4.33. The molecule has 138 valence electrons. The Bertz CT molecular complexity index is 635. The number of aromatic nitrogens is 1. The monoisotopic (exact) mass is 373 g/mol. The molecule has 3 aliphatic rings. The molecule has 0 aliphatic carbocycles. The van der Waals surface area contributed by atoms with E-state index in [-0.39, 0.29) is 0 Å². The van der Waals surface area contributed by atoms with E-state index in [2.05, 4.69) is 14.2 Å². The number of halogens is 3. The first-order valence-corrected chi connectivity index (χ1v) is 9.41. The smallest absolute Gasteiger partial charge is 0.381 e. The fourth-order valence-electron chi connectivity index (χ4n) is 4.03. The van der Waals surface area contributed by atoms with Crippen LogP contribution in [0.5, 0.6) is 0 Å². The van der Waals surface area contributed by atoms with E-state index in [0.29, 0.717) is 22.0 Å². The number of hydrogen-bond acceptors (Lipinski definition) is 5. The Morgan fingerprint density at radius 3 is 2.48 bits per heavy atom. The van der Waals surface area contributed by atoms with E-state index in [9.17, 15) is 13.2 Å². The molecule has 3 aliphatic heterocycles. The molecule has 0 saturated carbocycles. The molecule has 1 spiro atoms.